The molecule has 1 aromatic carbocycles. The molecule has 0 saturated heterocycles. The lowest BCUT2D eigenvalue weighted by molar-refractivity contribution is -0.120. The first-order chi connectivity index (χ1) is 12.1. The second kappa shape index (κ2) is 10.1. The molecule has 0 aliphatic heterocycles. The number of amides is 1. The number of thioether (sulfide) groups is 1. The maximum Gasteiger partial charge on any atom is 0.233 e. The summed E-state index contributed by atoms with van der Waals surface area (Å²) in [7, 11) is 0. The predicted molar refractivity (Wildman–Crippen MR) is 107 cm³/mol. The topological polar surface area (TPSA) is 45.2 Å². The fourth-order valence-corrected chi connectivity index (χ4v) is 3.33. The molecule has 1 aromatic heterocycles. The molecular weight excluding hydrogens is 330 g/mol. The quantitative estimate of drug-likeness (QED) is 0.740. The predicted octanol–water partition coefficient (Wildman–Crippen LogP) is 3.87. The van der Waals surface area contributed by atoms with Crippen LogP contribution in [-0.4, -0.2) is 29.2 Å². The zero-order valence-electron chi connectivity index (χ0n) is 15.2. The van der Waals surface area contributed by atoms with Crippen LogP contribution in [0.1, 0.15) is 31.9 Å². The number of carbonyl (C=O) groups excluding carboxylic acids is 1. The van der Waals surface area contributed by atoms with Crippen LogP contribution in [-0.2, 0) is 17.1 Å². The molecule has 0 saturated carbocycles. The summed E-state index contributed by atoms with van der Waals surface area (Å²) in [4.78, 5) is 18.9. The molecule has 2 rings (SSSR count). The Hall–Kier alpha value is -2.01. The van der Waals surface area contributed by atoms with E-state index in [0.29, 0.717) is 6.54 Å². The zero-order valence-corrected chi connectivity index (χ0v) is 16.1. The van der Waals surface area contributed by atoms with E-state index in [4.69, 9.17) is 0 Å². The molecule has 0 radical (unpaired) electrons. The van der Waals surface area contributed by atoms with Gasteiger partial charge in [-0.1, -0.05) is 36.4 Å². The first-order valence-electron chi connectivity index (χ1n) is 8.77. The average molecular weight is 358 g/mol. The number of rotatable bonds is 9. The van der Waals surface area contributed by atoms with Crippen LogP contribution >= 0.6 is 11.8 Å². The first-order valence-corrected chi connectivity index (χ1v) is 9.82. The number of nitrogens with one attached hydrogen (secondary N) is 1. The third-order valence-electron chi connectivity index (χ3n) is 4.08. The highest BCUT2D eigenvalue weighted by atomic mass is 32.2. The van der Waals surface area contributed by atoms with Gasteiger partial charge >= 0.3 is 0 Å². The molecule has 0 aliphatic carbocycles. The molecule has 4 nitrogen and oxygen atoms in total. The van der Waals surface area contributed by atoms with Crippen molar-refractivity contribution < 1.29 is 4.79 Å². The largest absolute Gasteiger partial charge is 0.357 e. The van der Waals surface area contributed by atoms with Gasteiger partial charge in [0.15, 0.2) is 0 Å². The summed E-state index contributed by atoms with van der Waals surface area (Å²) in [5, 5.41) is 2.92. The van der Waals surface area contributed by atoms with Crippen LogP contribution in [0.4, 0.5) is 5.82 Å². The summed E-state index contributed by atoms with van der Waals surface area (Å²) < 4.78 is 0. The minimum atomic E-state index is -0.0805. The molecule has 25 heavy (non-hydrogen) atoms. The van der Waals surface area contributed by atoms with Gasteiger partial charge in [0.1, 0.15) is 5.82 Å². The molecule has 0 spiro atoms. The van der Waals surface area contributed by atoms with Gasteiger partial charge in [0.2, 0.25) is 5.91 Å². The van der Waals surface area contributed by atoms with E-state index >= 15 is 0 Å². The lowest BCUT2D eigenvalue weighted by Crippen LogP contribution is -2.30. The van der Waals surface area contributed by atoms with Crippen molar-refractivity contribution in [1.82, 2.24) is 10.3 Å². The Bertz CT molecular complexity index is 642. The molecule has 0 fully saturated rings. The molecular formula is C20H27N3OS. The Morgan fingerprint density at radius 1 is 1.12 bits per heavy atom. The minimum Gasteiger partial charge on any atom is -0.357 e. The second-order valence-electron chi connectivity index (χ2n) is 5.85. The number of benzene rings is 1. The van der Waals surface area contributed by atoms with E-state index in [1.165, 1.54) is 5.56 Å². The Morgan fingerprint density at radius 3 is 2.44 bits per heavy atom. The van der Waals surface area contributed by atoms with Gasteiger partial charge in [-0.3, -0.25) is 4.79 Å². The molecule has 1 atom stereocenters. The van der Waals surface area contributed by atoms with Gasteiger partial charge < -0.3 is 10.2 Å². The van der Waals surface area contributed by atoms with Crippen molar-refractivity contribution in [3.8, 4) is 0 Å². The van der Waals surface area contributed by atoms with Crippen LogP contribution in [0, 0.1) is 0 Å². The molecule has 1 N–H and O–H groups in total. The fourth-order valence-electron chi connectivity index (χ4n) is 2.46. The number of anilines is 1. The van der Waals surface area contributed by atoms with Gasteiger partial charge in [-0.2, -0.15) is 0 Å². The van der Waals surface area contributed by atoms with Gasteiger partial charge in [0.25, 0.3) is 0 Å². The van der Waals surface area contributed by atoms with Gasteiger partial charge in [-0.15, -0.1) is 11.8 Å². The molecule has 1 unspecified atom stereocenters. The van der Waals surface area contributed by atoms with E-state index in [-0.39, 0.29) is 11.2 Å². The van der Waals surface area contributed by atoms with Gasteiger partial charge in [0.05, 0.1) is 5.25 Å². The van der Waals surface area contributed by atoms with Crippen molar-refractivity contribution in [2.24, 2.45) is 0 Å². The van der Waals surface area contributed by atoms with Crippen LogP contribution in [0.3, 0.4) is 0 Å². The van der Waals surface area contributed by atoms with Gasteiger partial charge in [-0.25, -0.2) is 4.98 Å². The van der Waals surface area contributed by atoms with E-state index in [9.17, 15) is 4.79 Å². The van der Waals surface area contributed by atoms with Crippen molar-refractivity contribution in [3.05, 3.63) is 59.8 Å². The van der Waals surface area contributed by atoms with Crippen molar-refractivity contribution in [2.45, 2.75) is 38.3 Å². The zero-order chi connectivity index (χ0) is 18.1. The van der Waals surface area contributed by atoms with E-state index in [1.54, 1.807) is 11.8 Å². The van der Waals surface area contributed by atoms with Gasteiger partial charge in [-0.05, 0) is 38.0 Å². The highest BCUT2D eigenvalue weighted by molar-refractivity contribution is 7.99. The monoisotopic (exact) mass is 357 g/mol. The number of aromatic nitrogens is 1. The normalized spacial score (nSPS) is 11.8. The Balaban J connectivity index is 1.78. The molecule has 5 heteroatoms. The smallest absolute Gasteiger partial charge is 0.233 e. The van der Waals surface area contributed by atoms with Crippen LogP contribution in [0.15, 0.2) is 48.7 Å². The molecule has 1 amide bonds. The minimum absolute atomic E-state index is 0.0637. The van der Waals surface area contributed by atoms with Crippen LogP contribution < -0.4 is 10.2 Å². The van der Waals surface area contributed by atoms with Crippen LogP contribution in [0.2, 0.25) is 0 Å². The molecule has 1 heterocycles. The number of hydrogen-bond donors (Lipinski definition) is 1. The number of nitrogens with zero attached hydrogens (tertiary/aromatic N) is 2. The van der Waals surface area contributed by atoms with Crippen LogP contribution in [0.5, 0.6) is 0 Å². The Morgan fingerprint density at radius 2 is 1.84 bits per heavy atom. The van der Waals surface area contributed by atoms with E-state index in [2.05, 4.69) is 41.2 Å². The van der Waals surface area contributed by atoms with E-state index in [1.807, 2.05) is 43.5 Å². The molecule has 0 bridgehead atoms. The Labute approximate surface area is 155 Å². The lowest BCUT2D eigenvalue weighted by Gasteiger charge is -2.19. The maximum absolute atomic E-state index is 12.2. The third kappa shape index (κ3) is 6.09. The fraction of sp³-hybridized carbons (Fsp3) is 0.400. The van der Waals surface area contributed by atoms with Crippen molar-refractivity contribution in [2.75, 3.05) is 18.0 Å². The molecule has 134 valence electrons. The second-order valence-corrected chi connectivity index (χ2v) is 7.18. The van der Waals surface area contributed by atoms with Crippen molar-refractivity contribution >= 4 is 23.5 Å². The average Bonchev–Trinajstić information content (AvgIpc) is 2.67. The Kier molecular flexibility index (Phi) is 7.79. The van der Waals surface area contributed by atoms with E-state index in [0.717, 1.165) is 30.2 Å². The number of hydrogen-bond acceptors (Lipinski definition) is 4. The summed E-state index contributed by atoms with van der Waals surface area (Å²) in [5.41, 5.74) is 2.26. The third-order valence-corrected chi connectivity index (χ3v) is 5.29. The standard InChI is InChI=1S/C20H27N3OS/c1-4-23(5-2)19-12-11-18(13-21-19)14-22-20(24)16(3)25-15-17-9-7-6-8-10-17/h6-13,16H,4-5,14-15H2,1-3H3,(H,22,24). The molecule has 0 aliphatic rings. The highest BCUT2D eigenvalue weighted by Crippen LogP contribution is 2.18. The summed E-state index contributed by atoms with van der Waals surface area (Å²) in [6.45, 7) is 8.58. The SMILES string of the molecule is CCN(CC)c1ccc(CNC(=O)C(C)SCc2ccccc2)cn1. The lowest BCUT2D eigenvalue weighted by atomic mass is 10.2. The molecule has 2 aromatic rings. The summed E-state index contributed by atoms with van der Waals surface area (Å²) in [6.07, 6.45) is 1.84. The van der Waals surface area contributed by atoms with Crippen molar-refractivity contribution in [1.29, 1.82) is 0 Å². The number of carbonyl (C=O) groups is 1. The summed E-state index contributed by atoms with van der Waals surface area (Å²) >= 11 is 1.65. The van der Waals surface area contributed by atoms with Crippen molar-refractivity contribution in [3.63, 3.8) is 0 Å². The first kappa shape index (κ1) is 19.3. The van der Waals surface area contributed by atoms with E-state index < -0.39 is 0 Å². The number of pyridine rings is 1. The van der Waals surface area contributed by atoms with Gasteiger partial charge in [0, 0.05) is 31.6 Å². The maximum atomic E-state index is 12.2. The summed E-state index contributed by atoms with van der Waals surface area (Å²) in [5.74, 6) is 1.89. The highest BCUT2D eigenvalue weighted by Gasteiger charge is 2.13. The van der Waals surface area contributed by atoms with Crippen LogP contribution in [0.25, 0.3) is 0 Å². The summed E-state index contributed by atoms with van der Waals surface area (Å²) in [6, 6.07) is 14.3.